The van der Waals surface area contributed by atoms with Crippen LogP contribution in [0.4, 0.5) is 10.1 Å². The van der Waals surface area contributed by atoms with E-state index in [1.807, 2.05) is 0 Å². The fourth-order valence-corrected chi connectivity index (χ4v) is 1.88. The summed E-state index contributed by atoms with van der Waals surface area (Å²) in [6, 6.07) is 6.49. The maximum atomic E-state index is 12.9. The minimum atomic E-state index is -0.622. The maximum Gasteiger partial charge on any atom is 0.326 e. The average Bonchev–Trinajstić information content (AvgIpc) is 2.42. The Morgan fingerprint density at radius 1 is 1.33 bits per heavy atom. The molecule has 0 amide bonds. The van der Waals surface area contributed by atoms with Crippen molar-refractivity contribution in [2.45, 2.75) is 13.2 Å². The second-order valence-corrected chi connectivity index (χ2v) is 4.73. The molecule has 0 aliphatic carbocycles. The van der Waals surface area contributed by atoms with Gasteiger partial charge in [0, 0.05) is 23.5 Å². The SMILES string of the molecule is Nc1ccc(=O)n(CC(=O)OCc2ccc(F)cc2Cl)c1. The number of pyridine rings is 1. The molecule has 21 heavy (non-hydrogen) atoms. The van der Waals surface area contributed by atoms with Crippen LogP contribution in [0.25, 0.3) is 0 Å². The van der Waals surface area contributed by atoms with E-state index in [2.05, 4.69) is 0 Å². The zero-order valence-corrected chi connectivity index (χ0v) is 11.6. The van der Waals surface area contributed by atoms with Gasteiger partial charge in [-0.1, -0.05) is 17.7 Å². The Labute approximate surface area is 124 Å². The number of esters is 1. The smallest absolute Gasteiger partial charge is 0.326 e. The van der Waals surface area contributed by atoms with Crippen molar-refractivity contribution in [3.8, 4) is 0 Å². The van der Waals surface area contributed by atoms with Gasteiger partial charge in [0.25, 0.3) is 5.56 Å². The number of halogens is 2. The van der Waals surface area contributed by atoms with Crippen molar-refractivity contribution in [2.24, 2.45) is 0 Å². The minimum absolute atomic E-state index is 0.102. The molecule has 2 N–H and O–H groups in total. The number of hydrogen-bond acceptors (Lipinski definition) is 4. The lowest BCUT2D eigenvalue weighted by Crippen LogP contribution is -2.24. The van der Waals surface area contributed by atoms with Gasteiger partial charge in [-0.2, -0.15) is 0 Å². The summed E-state index contributed by atoms with van der Waals surface area (Å²) in [7, 11) is 0. The second-order valence-electron chi connectivity index (χ2n) is 4.32. The molecule has 5 nitrogen and oxygen atoms in total. The monoisotopic (exact) mass is 310 g/mol. The first-order chi connectivity index (χ1) is 9.95. The van der Waals surface area contributed by atoms with Gasteiger partial charge >= 0.3 is 5.97 Å². The molecule has 0 radical (unpaired) electrons. The molecule has 0 saturated heterocycles. The van der Waals surface area contributed by atoms with E-state index in [-0.39, 0.29) is 23.7 Å². The molecule has 0 fully saturated rings. The Kier molecular flexibility index (Phi) is 4.59. The Hall–Kier alpha value is -2.34. The number of carbonyl (C=O) groups excluding carboxylic acids is 1. The predicted molar refractivity (Wildman–Crippen MR) is 76.3 cm³/mol. The fraction of sp³-hybridized carbons (Fsp3) is 0.143. The van der Waals surface area contributed by atoms with Crippen LogP contribution in [0, 0.1) is 5.82 Å². The highest BCUT2D eigenvalue weighted by atomic mass is 35.5. The molecule has 0 saturated carbocycles. The van der Waals surface area contributed by atoms with Gasteiger partial charge in [0.2, 0.25) is 0 Å². The van der Waals surface area contributed by atoms with E-state index in [4.69, 9.17) is 22.1 Å². The number of nitrogens with two attached hydrogens (primary N) is 1. The van der Waals surface area contributed by atoms with Crippen molar-refractivity contribution in [1.82, 2.24) is 4.57 Å². The fourth-order valence-electron chi connectivity index (χ4n) is 1.66. The standard InChI is InChI=1S/C14H12ClFN2O3/c15-12-5-10(16)2-1-9(12)8-21-14(20)7-18-6-11(17)3-4-13(18)19/h1-6H,7-8,17H2. The van der Waals surface area contributed by atoms with Crippen LogP contribution in [0.2, 0.25) is 5.02 Å². The third-order valence-corrected chi connectivity index (χ3v) is 3.06. The van der Waals surface area contributed by atoms with Crippen molar-refractivity contribution in [3.05, 3.63) is 63.3 Å². The zero-order valence-electron chi connectivity index (χ0n) is 10.9. The van der Waals surface area contributed by atoms with Crippen LogP contribution in [0.5, 0.6) is 0 Å². The van der Waals surface area contributed by atoms with Gasteiger partial charge in [0.1, 0.15) is 19.0 Å². The molecule has 2 rings (SSSR count). The quantitative estimate of drug-likeness (QED) is 0.876. The highest BCUT2D eigenvalue weighted by molar-refractivity contribution is 6.31. The first-order valence-corrected chi connectivity index (χ1v) is 6.39. The lowest BCUT2D eigenvalue weighted by molar-refractivity contribution is -0.145. The highest BCUT2D eigenvalue weighted by Crippen LogP contribution is 2.18. The third-order valence-electron chi connectivity index (χ3n) is 2.71. The summed E-state index contributed by atoms with van der Waals surface area (Å²) in [5.41, 5.74) is 6.02. The molecule has 1 heterocycles. The van der Waals surface area contributed by atoms with Gasteiger partial charge in [0.05, 0.1) is 5.02 Å². The zero-order chi connectivity index (χ0) is 15.4. The summed E-state index contributed by atoms with van der Waals surface area (Å²) >= 11 is 5.82. The number of carbonyl (C=O) groups is 1. The first-order valence-electron chi connectivity index (χ1n) is 6.01. The summed E-state index contributed by atoms with van der Waals surface area (Å²) < 4.78 is 19.0. The highest BCUT2D eigenvalue weighted by Gasteiger charge is 2.08. The van der Waals surface area contributed by atoms with Crippen molar-refractivity contribution in [3.63, 3.8) is 0 Å². The Bertz CT molecular complexity index is 730. The van der Waals surface area contributed by atoms with E-state index >= 15 is 0 Å². The third kappa shape index (κ3) is 4.06. The van der Waals surface area contributed by atoms with E-state index < -0.39 is 11.8 Å². The number of hydrogen-bond donors (Lipinski definition) is 1. The number of nitrogens with zero attached hydrogens (tertiary/aromatic N) is 1. The van der Waals surface area contributed by atoms with Crippen LogP contribution in [0.1, 0.15) is 5.56 Å². The maximum absolute atomic E-state index is 12.9. The van der Waals surface area contributed by atoms with Crippen LogP contribution in [0.15, 0.2) is 41.3 Å². The number of anilines is 1. The van der Waals surface area contributed by atoms with Crippen molar-refractivity contribution >= 4 is 23.3 Å². The molecule has 1 aromatic carbocycles. The van der Waals surface area contributed by atoms with E-state index in [0.717, 1.165) is 10.6 Å². The van der Waals surface area contributed by atoms with Crippen LogP contribution in [-0.2, 0) is 22.7 Å². The van der Waals surface area contributed by atoms with Gasteiger partial charge in [-0.25, -0.2) is 4.39 Å². The summed E-state index contributed by atoms with van der Waals surface area (Å²) in [5.74, 6) is -1.09. The molecule has 0 aliphatic rings. The van der Waals surface area contributed by atoms with Gasteiger partial charge in [-0.3, -0.25) is 9.59 Å². The lowest BCUT2D eigenvalue weighted by Gasteiger charge is -2.08. The topological polar surface area (TPSA) is 74.3 Å². The summed E-state index contributed by atoms with van der Waals surface area (Å²) in [6.07, 6.45) is 1.36. The second kappa shape index (κ2) is 6.41. The largest absolute Gasteiger partial charge is 0.459 e. The first kappa shape index (κ1) is 15.1. The van der Waals surface area contributed by atoms with E-state index in [9.17, 15) is 14.0 Å². The van der Waals surface area contributed by atoms with Crippen LogP contribution in [0.3, 0.4) is 0 Å². The molecule has 0 aliphatic heterocycles. The van der Waals surface area contributed by atoms with E-state index in [0.29, 0.717) is 11.3 Å². The molecule has 0 unspecified atom stereocenters. The molecular weight excluding hydrogens is 299 g/mol. The molecule has 2 aromatic rings. The van der Waals surface area contributed by atoms with Gasteiger partial charge in [-0.15, -0.1) is 0 Å². The van der Waals surface area contributed by atoms with Gasteiger partial charge in [0.15, 0.2) is 0 Å². The van der Waals surface area contributed by atoms with Crippen molar-refractivity contribution < 1.29 is 13.9 Å². The van der Waals surface area contributed by atoms with Gasteiger partial charge < -0.3 is 15.0 Å². The number of ether oxygens (including phenoxy) is 1. The number of nitrogen functional groups attached to an aromatic ring is 1. The molecule has 0 spiro atoms. The summed E-state index contributed by atoms with van der Waals surface area (Å²) in [5, 5.41) is 0.170. The Morgan fingerprint density at radius 3 is 2.81 bits per heavy atom. The summed E-state index contributed by atoms with van der Waals surface area (Å²) in [4.78, 5) is 23.2. The van der Waals surface area contributed by atoms with Crippen LogP contribution < -0.4 is 11.3 Å². The minimum Gasteiger partial charge on any atom is -0.459 e. The molecule has 0 atom stereocenters. The van der Waals surface area contributed by atoms with Gasteiger partial charge in [-0.05, 0) is 18.2 Å². The van der Waals surface area contributed by atoms with Crippen molar-refractivity contribution in [2.75, 3.05) is 5.73 Å². The van der Waals surface area contributed by atoms with Crippen LogP contribution in [-0.4, -0.2) is 10.5 Å². The molecule has 0 bridgehead atoms. The normalized spacial score (nSPS) is 10.4. The number of benzene rings is 1. The lowest BCUT2D eigenvalue weighted by atomic mass is 10.2. The van der Waals surface area contributed by atoms with E-state index in [1.54, 1.807) is 0 Å². The Balaban J connectivity index is 1.99. The Morgan fingerprint density at radius 2 is 2.10 bits per heavy atom. The predicted octanol–water partition coefficient (Wildman–Crippen LogP) is 1.97. The number of aromatic nitrogens is 1. The van der Waals surface area contributed by atoms with Crippen molar-refractivity contribution in [1.29, 1.82) is 0 Å². The molecule has 7 heteroatoms. The van der Waals surface area contributed by atoms with E-state index in [1.165, 1.54) is 30.5 Å². The summed E-state index contributed by atoms with van der Waals surface area (Å²) in [6.45, 7) is -0.363. The number of rotatable bonds is 4. The molecule has 1 aromatic heterocycles. The van der Waals surface area contributed by atoms with Crippen LogP contribution >= 0.6 is 11.6 Å². The molecular formula is C14H12ClFN2O3. The average molecular weight is 311 g/mol. The molecule has 110 valence electrons.